The second-order valence-electron chi connectivity index (χ2n) is 6.96. The fraction of sp³-hybridized carbons (Fsp3) is 0.421. The van der Waals surface area contributed by atoms with Crippen LogP contribution >= 0.6 is 0 Å². The van der Waals surface area contributed by atoms with E-state index in [1.807, 2.05) is 25.1 Å². The van der Waals surface area contributed by atoms with Gasteiger partial charge in [-0.05, 0) is 68.9 Å². The molecule has 0 unspecified atom stereocenters. The number of benzene rings is 1. The van der Waals surface area contributed by atoms with E-state index in [2.05, 4.69) is 17.3 Å². The lowest BCUT2D eigenvalue weighted by Gasteiger charge is -2.36. The maximum Gasteiger partial charge on any atom is 0.329 e. The first-order chi connectivity index (χ1) is 11.9. The molecule has 0 spiro atoms. The molecule has 6 heteroatoms. The maximum atomic E-state index is 12.6. The van der Waals surface area contributed by atoms with E-state index in [1.54, 1.807) is 23.0 Å². The van der Waals surface area contributed by atoms with E-state index in [9.17, 15) is 14.7 Å². The third-order valence-electron chi connectivity index (χ3n) is 5.10. The van der Waals surface area contributed by atoms with Gasteiger partial charge in [0, 0.05) is 17.5 Å². The number of carboxylic acid groups (broad SMARTS) is 1. The number of carbonyl (C=O) groups is 2. The van der Waals surface area contributed by atoms with E-state index >= 15 is 0 Å². The largest absolute Gasteiger partial charge is 0.480 e. The quantitative estimate of drug-likeness (QED) is 0.895. The van der Waals surface area contributed by atoms with Gasteiger partial charge in [-0.2, -0.15) is 5.10 Å². The third kappa shape index (κ3) is 3.43. The molecule has 1 aromatic carbocycles. The SMILES string of the molecule is Cc1ccnn1-c1ccc(C(=O)NC2(C(=O)O)CCC(C)CC2)cc1. The molecule has 1 fully saturated rings. The fourth-order valence-corrected chi connectivity index (χ4v) is 3.33. The van der Waals surface area contributed by atoms with Gasteiger partial charge in [0.2, 0.25) is 0 Å². The fourth-order valence-electron chi connectivity index (χ4n) is 3.33. The average molecular weight is 341 g/mol. The number of aromatic nitrogens is 2. The van der Waals surface area contributed by atoms with Gasteiger partial charge < -0.3 is 10.4 Å². The third-order valence-corrected chi connectivity index (χ3v) is 5.10. The van der Waals surface area contributed by atoms with Crippen molar-refractivity contribution in [1.82, 2.24) is 15.1 Å². The van der Waals surface area contributed by atoms with Crippen LogP contribution in [0.3, 0.4) is 0 Å². The number of aryl methyl sites for hydroxylation is 1. The molecule has 0 saturated heterocycles. The number of amides is 1. The maximum absolute atomic E-state index is 12.6. The van der Waals surface area contributed by atoms with Gasteiger partial charge in [0.25, 0.3) is 5.91 Å². The Labute approximate surface area is 146 Å². The molecule has 1 aliphatic carbocycles. The first-order valence-corrected chi connectivity index (χ1v) is 8.58. The standard InChI is InChI=1S/C19H23N3O3/c1-13-7-10-19(11-8-13,18(24)25)21-17(23)15-3-5-16(6-4-15)22-14(2)9-12-20-22/h3-6,9,12-13H,7-8,10-11H2,1-2H3,(H,21,23)(H,24,25). The van der Waals surface area contributed by atoms with Gasteiger partial charge in [0.05, 0.1) is 5.69 Å². The van der Waals surface area contributed by atoms with Crippen molar-refractivity contribution >= 4 is 11.9 Å². The average Bonchev–Trinajstić information content (AvgIpc) is 3.03. The van der Waals surface area contributed by atoms with E-state index in [-0.39, 0.29) is 5.91 Å². The highest BCUT2D eigenvalue weighted by Crippen LogP contribution is 2.32. The van der Waals surface area contributed by atoms with Crippen LogP contribution in [0, 0.1) is 12.8 Å². The molecule has 25 heavy (non-hydrogen) atoms. The van der Waals surface area contributed by atoms with Crippen molar-refractivity contribution in [3.63, 3.8) is 0 Å². The molecule has 132 valence electrons. The number of nitrogens with one attached hydrogen (secondary N) is 1. The molecular formula is C19H23N3O3. The molecule has 0 atom stereocenters. The zero-order chi connectivity index (χ0) is 18.0. The molecule has 1 amide bonds. The Morgan fingerprint density at radius 3 is 2.36 bits per heavy atom. The van der Waals surface area contributed by atoms with Gasteiger partial charge in [-0.3, -0.25) is 4.79 Å². The lowest BCUT2D eigenvalue weighted by atomic mass is 9.77. The Morgan fingerprint density at radius 1 is 1.20 bits per heavy atom. The number of carboxylic acids is 1. The highest BCUT2D eigenvalue weighted by atomic mass is 16.4. The molecule has 1 saturated carbocycles. The van der Waals surface area contributed by atoms with Crippen molar-refractivity contribution in [2.75, 3.05) is 0 Å². The van der Waals surface area contributed by atoms with Crippen molar-refractivity contribution < 1.29 is 14.7 Å². The summed E-state index contributed by atoms with van der Waals surface area (Å²) in [5, 5.41) is 16.7. The van der Waals surface area contributed by atoms with Crippen molar-refractivity contribution in [3.05, 3.63) is 47.8 Å². The number of aliphatic carboxylic acids is 1. The number of carbonyl (C=O) groups excluding carboxylic acids is 1. The molecule has 1 aromatic heterocycles. The van der Waals surface area contributed by atoms with Gasteiger partial charge in [0.15, 0.2) is 0 Å². The van der Waals surface area contributed by atoms with E-state index in [4.69, 9.17) is 0 Å². The zero-order valence-electron chi connectivity index (χ0n) is 14.5. The Bertz CT molecular complexity index is 771. The number of nitrogens with zero attached hydrogens (tertiary/aromatic N) is 2. The second kappa shape index (κ2) is 6.70. The van der Waals surface area contributed by atoms with Crippen LogP contribution in [0.5, 0.6) is 0 Å². The van der Waals surface area contributed by atoms with Crippen LogP contribution < -0.4 is 5.32 Å². The molecule has 2 aromatic rings. The van der Waals surface area contributed by atoms with Crippen LogP contribution in [0.25, 0.3) is 5.69 Å². The molecule has 1 heterocycles. The van der Waals surface area contributed by atoms with Gasteiger partial charge in [-0.1, -0.05) is 6.92 Å². The summed E-state index contributed by atoms with van der Waals surface area (Å²) >= 11 is 0. The van der Waals surface area contributed by atoms with Crippen LogP contribution in [0.15, 0.2) is 36.5 Å². The summed E-state index contributed by atoms with van der Waals surface area (Å²) in [7, 11) is 0. The smallest absolute Gasteiger partial charge is 0.329 e. The van der Waals surface area contributed by atoms with Gasteiger partial charge >= 0.3 is 5.97 Å². The van der Waals surface area contributed by atoms with Crippen molar-refractivity contribution in [3.8, 4) is 5.69 Å². The molecule has 0 radical (unpaired) electrons. The first-order valence-electron chi connectivity index (χ1n) is 8.58. The molecule has 0 bridgehead atoms. The highest BCUT2D eigenvalue weighted by molar-refractivity contribution is 5.98. The Balaban J connectivity index is 1.76. The molecule has 6 nitrogen and oxygen atoms in total. The summed E-state index contributed by atoms with van der Waals surface area (Å²) in [6, 6.07) is 8.93. The van der Waals surface area contributed by atoms with Gasteiger partial charge in [-0.25, -0.2) is 9.48 Å². The zero-order valence-corrected chi connectivity index (χ0v) is 14.5. The predicted molar refractivity (Wildman–Crippen MR) is 93.8 cm³/mol. The normalized spacial score (nSPS) is 23.2. The van der Waals surface area contributed by atoms with E-state index in [0.29, 0.717) is 24.3 Å². The molecule has 3 rings (SSSR count). The molecular weight excluding hydrogens is 318 g/mol. The Hall–Kier alpha value is -2.63. The minimum absolute atomic E-state index is 0.347. The summed E-state index contributed by atoms with van der Waals surface area (Å²) in [4.78, 5) is 24.3. The van der Waals surface area contributed by atoms with Crippen molar-refractivity contribution in [1.29, 1.82) is 0 Å². The highest BCUT2D eigenvalue weighted by Gasteiger charge is 2.42. The molecule has 0 aliphatic heterocycles. The molecule has 1 aliphatic rings. The lowest BCUT2D eigenvalue weighted by Crippen LogP contribution is -2.56. The van der Waals surface area contributed by atoms with Crippen LogP contribution in [0.1, 0.15) is 48.7 Å². The van der Waals surface area contributed by atoms with Gasteiger partial charge in [-0.15, -0.1) is 0 Å². The van der Waals surface area contributed by atoms with E-state index < -0.39 is 11.5 Å². The van der Waals surface area contributed by atoms with Crippen molar-refractivity contribution in [2.24, 2.45) is 5.92 Å². The Morgan fingerprint density at radius 2 is 1.84 bits per heavy atom. The topological polar surface area (TPSA) is 84.2 Å². The van der Waals surface area contributed by atoms with Crippen LogP contribution in [-0.2, 0) is 4.79 Å². The van der Waals surface area contributed by atoms with Crippen LogP contribution in [0.4, 0.5) is 0 Å². The van der Waals surface area contributed by atoms with Crippen LogP contribution in [-0.4, -0.2) is 32.3 Å². The summed E-state index contributed by atoms with van der Waals surface area (Å²) in [6.45, 7) is 4.07. The predicted octanol–water partition coefficient (Wildman–Crippen LogP) is 2.94. The van der Waals surface area contributed by atoms with Crippen molar-refractivity contribution in [2.45, 2.75) is 45.1 Å². The number of rotatable bonds is 4. The summed E-state index contributed by atoms with van der Waals surface area (Å²) in [5.74, 6) is -0.793. The summed E-state index contributed by atoms with van der Waals surface area (Å²) in [6.07, 6.45) is 4.28. The van der Waals surface area contributed by atoms with Crippen LogP contribution in [0.2, 0.25) is 0 Å². The van der Waals surface area contributed by atoms with E-state index in [1.165, 1.54) is 0 Å². The number of hydrogen-bond donors (Lipinski definition) is 2. The minimum Gasteiger partial charge on any atom is -0.480 e. The number of hydrogen-bond acceptors (Lipinski definition) is 3. The lowest BCUT2D eigenvalue weighted by molar-refractivity contribution is -0.146. The van der Waals surface area contributed by atoms with Gasteiger partial charge in [0.1, 0.15) is 5.54 Å². The molecule has 2 N–H and O–H groups in total. The monoisotopic (exact) mass is 341 g/mol. The second-order valence-corrected chi connectivity index (χ2v) is 6.96. The first kappa shape index (κ1) is 17.2. The Kier molecular flexibility index (Phi) is 4.61. The summed E-state index contributed by atoms with van der Waals surface area (Å²) < 4.78 is 1.78. The van der Waals surface area contributed by atoms with E-state index in [0.717, 1.165) is 24.2 Å². The minimum atomic E-state index is -1.15. The summed E-state index contributed by atoms with van der Waals surface area (Å²) in [5.41, 5.74) is 1.16.